The first-order valence-corrected chi connectivity index (χ1v) is 9.79. The van der Waals surface area contributed by atoms with Crippen LogP contribution in [0.1, 0.15) is 25.3 Å². The molecule has 2 atom stereocenters. The summed E-state index contributed by atoms with van der Waals surface area (Å²) in [4.78, 5) is 0. The van der Waals surface area contributed by atoms with Gasteiger partial charge in [0.05, 0.1) is 25.1 Å². The molecule has 1 aromatic carbocycles. The molecule has 0 saturated carbocycles. The standard InChI is InChI=1S/C18H24O6S/c1-12(7-13-3-2-4-15(21)8-13)5-6-16(22)18-14(9-19)11-25(23,24)17(18)10-20/h2-4,7-8,16-17,19-22H,5-6,9-11H2,1H3/b12-7+/t16-,17+/m1/s1. The lowest BCUT2D eigenvalue weighted by atomic mass is 9.95. The molecule has 0 unspecified atom stereocenters. The number of phenolic OH excluding ortho intramolecular Hbond substituents is 1. The fourth-order valence-corrected chi connectivity index (χ4v) is 5.02. The van der Waals surface area contributed by atoms with Crippen LogP contribution in [-0.2, 0) is 9.84 Å². The Balaban J connectivity index is 2.09. The lowest BCUT2D eigenvalue weighted by molar-refractivity contribution is 0.186. The molecule has 0 aliphatic carbocycles. The van der Waals surface area contributed by atoms with Crippen LogP contribution in [0.2, 0.25) is 0 Å². The highest BCUT2D eigenvalue weighted by Gasteiger charge is 2.40. The van der Waals surface area contributed by atoms with Crippen LogP contribution in [-0.4, -0.2) is 59.2 Å². The molecule has 0 saturated heterocycles. The molecule has 4 N–H and O–H groups in total. The largest absolute Gasteiger partial charge is 0.508 e. The zero-order chi connectivity index (χ0) is 18.6. The third-order valence-electron chi connectivity index (χ3n) is 4.38. The third kappa shape index (κ3) is 4.70. The molecular formula is C18H24O6S. The molecule has 1 aliphatic rings. The molecule has 1 heterocycles. The molecule has 2 rings (SSSR count). The Hall–Kier alpha value is -1.67. The van der Waals surface area contributed by atoms with E-state index in [2.05, 4.69) is 0 Å². The van der Waals surface area contributed by atoms with Crippen LogP contribution in [0.15, 0.2) is 41.0 Å². The van der Waals surface area contributed by atoms with Gasteiger partial charge in [0.1, 0.15) is 11.0 Å². The second-order valence-electron chi connectivity index (χ2n) is 6.34. The van der Waals surface area contributed by atoms with Crippen LogP contribution in [0.3, 0.4) is 0 Å². The summed E-state index contributed by atoms with van der Waals surface area (Å²) in [6.45, 7) is 0.837. The van der Waals surface area contributed by atoms with Crippen LogP contribution >= 0.6 is 0 Å². The van der Waals surface area contributed by atoms with Gasteiger partial charge in [-0.05, 0) is 48.6 Å². The number of phenols is 1. The van der Waals surface area contributed by atoms with E-state index < -0.39 is 34.4 Å². The van der Waals surface area contributed by atoms with E-state index in [1.807, 2.05) is 19.1 Å². The number of aromatic hydroxyl groups is 1. The van der Waals surface area contributed by atoms with Crippen molar-refractivity contribution in [3.63, 3.8) is 0 Å². The predicted molar refractivity (Wildman–Crippen MR) is 95.8 cm³/mol. The van der Waals surface area contributed by atoms with Crippen LogP contribution < -0.4 is 0 Å². The Morgan fingerprint density at radius 3 is 2.68 bits per heavy atom. The molecule has 0 radical (unpaired) electrons. The summed E-state index contributed by atoms with van der Waals surface area (Å²) in [5.41, 5.74) is 2.30. The molecular weight excluding hydrogens is 344 g/mol. The predicted octanol–water partition coefficient (Wildman–Crippen LogP) is 1.01. The molecule has 1 aliphatic heterocycles. The number of benzene rings is 1. The Bertz CT molecular complexity index is 779. The summed E-state index contributed by atoms with van der Waals surface area (Å²) in [5.74, 6) is -0.152. The minimum absolute atomic E-state index is 0.168. The van der Waals surface area contributed by atoms with Crippen LogP contribution in [0.25, 0.3) is 6.08 Å². The van der Waals surface area contributed by atoms with Crippen molar-refractivity contribution < 1.29 is 28.8 Å². The van der Waals surface area contributed by atoms with Gasteiger partial charge in [-0.2, -0.15) is 0 Å². The Morgan fingerprint density at radius 2 is 2.08 bits per heavy atom. The van der Waals surface area contributed by atoms with Crippen molar-refractivity contribution in [2.45, 2.75) is 31.1 Å². The Labute approximate surface area is 147 Å². The van der Waals surface area contributed by atoms with Gasteiger partial charge in [-0.25, -0.2) is 8.42 Å². The van der Waals surface area contributed by atoms with E-state index in [9.17, 15) is 28.8 Å². The SMILES string of the molecule is C/C(=C\c1cccc(O)c1)CC[C@@H](O)C1=C(CO)CS(=O)(=O)[C@H]1CO. The minimum Gasteiger partial charge on any atom is -0.508 e. The summed E-state index contributed by atoms with van der Waals surface area (Å²) >= 11 is 0. The molecule has 0 bridgehead atoms. The minimum atomic E-state index is -3.57. The van der Waals surface area contributed by atoms with Gasteiger partial charge in [0.25, 0.3) is 0 Å². The van der Waals surface area contributed by atoms with Crippen LogP contribution in [0.4, 0.5) is 0 Å². The van der Waals surface area contributed by atoms with Crippen LogP contribution in [0, 0.1) is 0 Å². The van der Waals surface area contributed by atoms with Crippen molar-refractivity contribution in [3.8, 4) is 5.75 Å². The van der Waals surface area contributed by atoms with Gasteiger partial charge < -0.3 is 20.4 Å². The molecule has 7 heteroatoms. The second-order valence-corrected chi connectivity index (χ2v) is 8.52. The maximum Gasteiger partial charge on any atom is 0.163 e. The smallest absolute Gasteiger partial charge is 0.163 e. The van der Waals surface area contributed by atoms with Gasteiger partial charge in [0, 0.05) is 0 Å². The lowest BCUT2D eigenvalue weighted by Crippen LogP contribution is -2.29. The summed E-state index contributed by atoms with van der Waals surface area (Å²) in [5, 5.41) is 37.5. The molecule has 0 amide bonds. The summed E-state index contributed by atoms with van der Waals surface area (Å²) < 4.78 is 24.1. The van der Waals surface area contributed by atoms with E-state index in [4.69, 9.17) is 0 Å². The van der Waals surface area contributed by atoms with Gasteiger partial charge in [0.2, 0.25) is 0 Å². The van der Waals surface area contributed by atoms with E-state index >= 15 is 0 Å². The van der Waals surface area contributed by atoms with E-state index in [1.54, 1.807) is 18.2 Å². The molecule has 1 aromatic rings. The molecule has 25 heavy (non-hydrogen) atoms. The monoisotopic (exact) mass is 368 g/mol. The summed E-state index contributed by atoms with van der Waals surface area (Å²) in [7, 11) is -3.57. The number of aliphatic hydroxyl groups excluding tert-OH is 3. The first kappa shape index (κ1) is 19.7. The average Bonchev–Trinajstić information content (AvgIpc) is 2.82. The van der Waals surface area contributed by atoms with E-state index in [0.717, 1.165) is 11.1 Å². The Kier molecular flexibility index (Phi) is 6.40. The number of hydrogen-bond donors (Lipinski definition) is 4. The lowest BCUT2D eigenvalue weighted by Gasteiger charge is -2.19. The van der Waals surface area contributed by atoms with Gasteiger partial charge >= 0.3 is 0 Å². The average molecular weight is 368 g/mol. The molecule has 0 aromatic heterocycles. The zero-order valence-corrected chi connectivity index (χ0v) is 14.9. The van der Waals surface area contributed by atoms with Gasteiger partial charge in [-0.3, -0.25) is 0 Å². The summed E-state index contributed by atoms with van der Waals surface area (Å²) in [6, 6.07) is 6.78. The van der Waals surface area contributed by atoms with E-state index in [1.165, 1.54) is 0 Å². The second kappa shape index (κ2) is 8.14. The van der Waals surface area contributed by atoms with Gasteiger partial charge in [0.15, 0.2) is 9.84 Å². The summed E-state index contributed by atoms with van der Waals surface area (Å²) in [6.07, 6.45) is 1.63. The molecule has 0 spiro atoms. The third-order valence-corrected chi connectivity index (χ3v) is 6.40. The van der Waals surface area contributed by atoms with Crippen molar-refractivity contribution in [2.75, 3.05) is 19.0 Å². The topological polar surface area (TPSA) is 115 Å². The first-order valence-electron chi connectivity index (χ1n) is 8.08. The highest BCUT2D eigenvalue weighted by molar-refractivity contribution is 7.92. The fourth-order valence-electron chi connectivity index (χ4n) is 3.14. The highest BCUT2D eigenvalue weighted by Crippen LogP contribution is 2.31. The fraction of sp³-hybridized carbons (Fsp3) is 0.444. The van der Waals surface area contributed by atoms with Crippen molar-refractivity contribution in [1.29, 1.82) is 0 Å². The van der Waals surface area contributed by atoms with Gasteiger partial charge in [-0.1, -0.05) is 23.8 Å². The number of aliphatic hydroxyl groups is 3. The number of allylic oxidation sites excluding steroid dienone is 1. The quantitative estimate of drug-likeness (QED) is 0.534. The van der Waals surface area contributed by atoms with Gasteiger partial charge in [-0.15, -0.1) is 0 Å². The van der Waals surface area contributed by atoms with Crippen molar-refractivity contribution in [1.82, 2.24) is 0 Å². The van der Waals surface area contributed by atoms with E-state index in [0.29, 0.717) is 6.42 Å². The normalized spacial score (nSPS) is 21.6. The maximum atomic E-state index is 12.0. The number of rotatable bonds is 7. The molecule has 0 fully saturated rings. The van der Waals surface area contributed by atoms with Crippen molar-refractivity contribution in [3.05, 3.63) is 46.5 Å². The molecule has 138 valence electrons. The van der Waals surface area contributed by atoms with Crippen molar-refractivity contribution in [2.24, 2.45) is 0 Å². The Morgan fingerprint density at radius 1 is 1.36 bits per heavy atom. The number of hydrogen-bond acceptors (Lipinski definition) is 6. The van der Waals surface area contributed by atoms with Crippen LogP contribution in [0.5, 0.6) is 5.75 Å². The van der Waals surface area contributed by atoms with E-state index in [-0.39, 0.29) is 29.1 Å². The number of sulfone groups is 1. The van der Waals surface area contributed by atoms with Crippen molar-refractivity contribution >= 4 is 15.9 Å². The highest BCUT2D eigenvalue weighted by atomic mass is 32.2. The zero-order valence-electron chi connectivity index (χ0n) is 14.1. The molecule has 6 nitrogen and oxygen atoms in total. The first-order chi connectivity index (χ1) is 11.8. The maximum absolute atomic E-state index is 12.0.